The first-order valence-electron chi connectivity index (χ1n) is 19.9. The van der Waals surface area contributed by atoms with E-state index < -0.39 is 17.1 Å². The van der Waals surface area contributed by atoms with Gasteiger partial charge in [-0.3, -0.25) is 9.59 Å². The number of aliphatic hydroxyl groups is 2. The highest BCUT2D eigenvalue weighted by Crippen LogP contribution is 2.59. The maximum absolute atomic E-state index is 15.0. The molecule has 7 nitrogen and oxygen atoms in total. The molecule has 0 heterocycles. The van der Waals surface area contributed by atoms with Crippen molar-refractivity contribution in [2.45, 2.75) is 96.2 Å². The molecular formula is C48H57NO6. The van der Waals surface area contributed by atoms with Gasteiger partial charge in [-0.15, -0.1) is 0 Å². The van der Waals surface area contributed by atoms with Crippen molar-refractivity contribution in [2.24, 2.45) is 5.41 Å². The maximum Gasteiger partial charge on any atom is 0.227 e. The van der Waals surface area contributed by atoms with E-state index in [2.05, 4.69) is 39.0 Å². The highest BCUT2D eigenvalue weighted by atomic mass is 16.5. The summed E-state index contributed by atoms with van der Waals surface area (Å²) < 4.78 is 10.9. The summed E-state index contributed by atoms with van der Waals surface area (Å²) in [4.78, 5) is 30.9. The second kappa shape index (κ2) is 17.4. The number of rotatable bonds is 11. The van der Waals surface area contributed by atoms with E-state index in [4.69, 9.17) is 9.47 Å². The van der Waals surface area contributed by atoms with Crippen LogP contribution < -0.4 is 9.47 Å². The Bertz CT molecular complexity index is 2000. The summed E-state index contributed by atoms with van der Waals surface area (Å²) in [5.41, 5.74) is 5.07. The van der Waals surface area contributed by atoms with Gasteiger partial charge < -0.3 is 24.6 Å². The van der Waals surface area contributed by atoms with Crippen LogP contribution in [0.3, 0.4) is 0 Å². The number of allylic oxidation sites excluding steroid dienone is 2. The van der Waals surface area contributed by atoms with Crippen molar-refractivity contribution < 1.29 is 29.3 Å². The van der Waals surface area contributed by atoms with E-state index in [1.807, 2.05) is 83.8 Å². The molecule has 0 aromatic heterocycles. The number of hydrogen-bond donors (Lipinski definition) is 2. The Morgan fingerprint density at radius 3 is 2.36 bits per heavy atom. The predicted molar refractivity (Wildman–Crippen MR) is 219 cm³/mol. The van der Waals surface area contributed by atoms with Gasteiger partial charge in [-0.1, -0.05) is 98.3 Å². The second-order valence-electron chi connectivity index (χ2n) is 15.9. The lowest BCUT2D eigenvalue weighted by atomic mass is 9.64. The van der Waals surface area contributed by atoms with Gasteiger partial charge in [-0.25, -0.2) is 0 Å². The van der Waals surface area contributed by atoms with Gasteiger partial charge in [0.2, 0.25) is 5.91 Å². The lowest BCUT2D eigenvalue weighted by Crippen LogP contribution is -2.54. The van der Waals surface area contributed by atoms with E-state index in [1.165, 1.54) is 5.57 Å². The Kier molecular flexibility index (Phi) is 12.6. The molecule has 3 aliphatic carbocycles. The summed E-state index contributed by atoms with van der Waals surface area (Å²) in [5.74, 6) is 0.902. The highest BCUT2D eigenvalue weighted by molar-refractivity contribution is 6.13. The fourth-order valence-corrected chi connectivity index (χ4v) is 9.05. The standard InChI is InChI=1S/C48H57NO6/c1-6-27-49(45(51)31-35-20-23-43(54-4)44(30-35)55-5)32-48(53)26-24-42-39-22-19-34(28-37(50)21-18-33(2)13-12-25-47(42,48)3)29-41(39)46(52)40-17-11-10-16-38(40)36-14-8-7-9-15-36/h7-11,13-17,19-20,22-23,29-30,37,42,50,53H,6,12,18,21,24-28,31-32H2,1-5H3/t37-,42-,47-,48+/m0/s1. The third kappa shape index (κ3) is 8.58. The number of methoxy groups -OCH3 is 2. The van der Waals surface area contributed by atoms with Crippen LogP contribution in [0.4, 0.5) is 0 Å². The molecule has 1 fully saturated rings. The Labute approximate surface area is 327 Å². The van der Waals surface area contributed by atoms with Crippen LogP contribution in [0.5, 0.6) is 11.5 Å². The first kappa shape index (κ1) is 40.0. The van der Waals surface area contributed by atoms with E-state index >= 15 is 0 Å². The average molecular weight is 744 g/mol. The number of ketones is 1. The number of nitrogens with zero attached hydrogens (tertiary/aromatic N) is 1. The minimum atomic E-state index is -1.21. The van der Waals surface area contributed by atoms with Gasteiger partial charge in [0.25, 0.3) is 0 Å². The lowest BCUT2D eigenvalue weighted by Gasteiger charge is -2.46. The topological polar surface area (TPSA) is 96.3 Å². The molecule has 0 aliphatic heterocycles. The van der Waals surface area contributed by atoms with E-state index in [1.54, 1.807) is 14.2 Å². The number of aliphatic hydroxyl groups excluding tert-OH is 1. The van der Waals surface area contributed by atoms with Crippen LogP contribution in [-0.4, -0.2) is 65.8 Å². The van der Waals surface area contributed by atoms with Crippen molar-refractivity contribution >= 4 is 11.7 Å². The molecule has 2 N–H and O–H groups in total. The lowest BCUT2D eigenvalue weighted by molar-refractivity contribution is -0.139. The average Bonchev–Trinajstić information content (AvgIpc) is 3.45. The molecule has 1 amide bonds. The fraction of sp³-hybridized carbons (Fsp3) is 0.417. The molecule has 2 bridgehead atoms. The number of carbonyl (C=O) groups excluding carboxylic acids is 2. The Morgan fingerprint density at radius 1 is 0.873 bits per heavy atom. The quantitative estimate of drug-likeness (QED) is 0.118. The second-order valence-corrected chi connectivity index (χ2v) is 15.9. The highest BCUT2D eigenvalue weighted by Gasteiger charge is 2.57. The molecule has 0 radical (unpaired) electrons. The van der Waals surface area contributed by atoms with Crippen LogP contribution in [0.15, 0.2) is 103 Å². The third-order valence-corrected chi connectivity index (χ3v) is 12.3. The maximum atomic E-state index is 15.0. The van der Waals surface area contributed by atoms with Crippen molar-refractivity contribution in [2.75, 3.05) is 27.3 Å². The minimum Gasteiger partial charge on any atom is -0.493 e. The Hall–Kier alpha value is -4.72. The molecule has 4 aromatic carbocycles. The van der Waals surface area contributed by atoms with Crippen molar-refractivity contribution in [1.29, 1.82) is 0 Å². The molecule has 0 spiro atoms. The zero-order chi connectivity index (χ0) is 39.2. The summed E-state index contributed by atoms with van der Waals surface area (Å²) in [6.45, 7) is 7.06. The third-order valence-electron chi connectivity index (χ3n) is 12.3. The van der Waals surface area contributed by atoms with Crippen molar-refractivity contribution in [1.82, 2.24) is 4.90 Å². The van der Waals surface area contributed by atoms with Crippen molar-refractivity contribution in [3.05, 3.63) is 130 Å². The Balaban J connectivity index is 1.41. The van der Waals surface area contributed by atoms with Gasteiger partial charge in [0.15, 0.2) is 17.3 Å². The van der Waals surface area contributed by atoms with Gasteiger partial charge in [-0.2, -0.15) is 0 Å². The van der Waals surface area contributed by atoms with Gasteiger partial charge in [0, 0.05) is 29.6 Å². The number of carbonyl (C=O) groups is 2. The molecule has 4 aromatic rings. The summed E-state index contributed by atoms with van der Waals surface area (Å²) in [7, 11) is 3.17. The number of hydrogen-bond acceptors (Lipinski definition) is 6. The summed E-state index contributed by atoms with van der Waals surface area (Å²) in [6, 6.07) is 29.4. The zero-order valence-electron chi connectivity index (χ0n) is 33.1. The smallest absolute Gasteiger partial charge is 0.227 e. The summed E-state index contributed by atoms with van der Waals surface area (Å²) in [6.07, 6.45) is 7.07. The molecule has 0 unspecified atom stereocenters. The monoisotopic (exact) mass is 743 g/mol. The van der Waals surface area contributed by atoms with E-state index in [9.17, 15) is 19.8 Å². The molecule has 290 valence electrons. The van der Waals surface area contributed by atoms with Crippen molar-refractivity contribution in [3.8, 4) is 22.6 Å². The van der Waals surface area contributed by atoms with Crippen LogP contribution in [0, 0.1) is 5.41 Å². The number of fused-ring (bicyclic) bond motifs is 8. The largest absolute Gasteiger partial charge is 0.493 e. The number of ether oxygens (including phenoxy) is 2. The summed E-state index contributed by atoms with van der Waals surface area (Å²) in [5, 5.41) is 24.1. The first-order valence-corrected chi connectivity index (χ1v) is 19.9. The molecule has 4 atom stereocenters. The molecule has 0 saturated heterocycles. The SMILES string of the molecule is CCCN(C[C@]1(O)CC[C@H]2c3ccc(cc3C(=O)c3ccccc3-c3ccccc3)C[C@@H](O)CCC(C)=CCC[C@@]21C)C(=O)Cc1ccc(OC)c(OC)c1. The molecule has 1 saturated carbocycles. The van der Waals surface area contributed by atoms with Crippen molar-refractivity contribution in [3.63, 3.8) is 0 Å². The first-order chi connectivity index (χ1) is 26.5. The molecular weight excluding hydrogens is 687 g/mol. The number of benzene rings is 4. The van der Waals surface area contributed by atoms with E-state index in [0.29, 0.717) is 61.3 Å². The van der Waals surface area contributed by atoms with E-state index in [-0.39, 0.29) is 30.6 Å². The molecule has 7 heteroatoms. The molecule has 55 heavy (non-hydrogen) atoms. The fourth-order valence-electron chi connectivity index (χ4n) is 9.05. The molecule has 3 aliphatic rings. The van der Waals surface area contributed by atoms with Gasteiger partial charge in [0.1, 0.15) is 0 Å². The summed E-state index contributed by atoms with van der Waals surface area (Å²) >= 11 is 0. The van der Waals surface area contributed by atoms with Crippen LogP contribution in [0.25, 0.3) is 11.1 Å². The van der Waals surface area contributed by atoms with Crippen LogP contribution in [0.2, 0.25) is 0 Å². The Morgan fingerprint density at radius 2 is 1.62 bits per heavy atom. The van der Waals surface area contributed by atoms with Crippen LogP contribution in [-0.2, 0) is 17.6 Å². The van der Waals surface area contributed by atoms with Gasteiger partial charge in [-0.05, 0) is 110 Å². The minimum absolute atomic E-state index is 0.0533. The number of amides is 1. The van der Waals surface area contributed by atoms with Crippen LogP contribution >= 0.6 is 0 Å². The van der Waals surface area contributed by atoms with Crippen LogP contribution in [0.1, 0.15) is 104 Å². The van der Waals surface area contributed by atoms with E-state index in [0.717, 1.165) is 47.1 Å². The molecule has 7 rings (SSSR count). The zero-order valence-corrected chi connectivity index (χ0v) is 33.1. The van der Waals surface area contributed by atoms with Gasteiger partial charge in [0.05, 0.1) is 32.3 Å². The van der Waals surface area contributed by atoms with Gasteiger partial charge >= 0.3 is 0 Å². The predicted octanol–water partition coefficient (Wildman–Crippen LogP) is 9.12. The normalized spacial score (nSPS) is 22.6.